The molecule has 0 aliphatic heterocycles. The van der Waals surface area contributed by atoms with Crippen molar-refractivity contribution in [3.05, 3.63) is 59.7 Å². The Bertz CT molecular complexity index is 862. The molecular weight excluding hydrogens is 369 g/mol. The number of hydrogen-bond donors (Lipinski definition) is 2. The van der Waals surface area contributed by atoms with Crippen molar-refractivity contribution in [3.63, 3.8) is 0 Å². The van der Waals surface area contributed by atoms with Gasteiger partial charge in [0.2, 0.25) is 0 Å². The number of amides is 1. The molecule has 2 N–H and O–H groups in total. The molecule has 0 aromatic heterocycles. The molecule has 2 aromatic rings. The summed E-state index contributed by atoms with van der Waals surface area (Å²) >= 11 is 0. The zero-order valence-electron chi connectivity index (χ0n) is 13.8. The van der Waals surface area contributed by atoms with Crippen LogP contribution >= 0.6 is 0 Å². The van der Waals surface area contributed by atoms with Gasteiger partial charge in [-0.2, -0.15) is 13.2 Å². The van der Waals surface area contributed by atoms with E-state index < -0.39 is 21.8 Å². The van der Waals surface area contributed by atoms with Gasteiger partial charge in [-0.15, -0.1) is 0 Å². The van der Waals surface area contributed by atoms with Gasteiger partial charge in [-0.1, -0.05) is 6.92 Å². The molecule has 140 valence electrons. The SMILES string of the molecule is CCCNC(=O)c1ccc(S(=O)(=O)Nc2ccc(C(F)(F)F)cc2)cc1. The molecule has 0 atom stereocenters. The van der Waals surface area contributed by atoms with Crippen molar-refractivity contribution in [3.8, 4) is 0 Å². The molecule has 0 saturated heterocycles. The zero-order valence-corrected chi connectivity index (χ0v) is 14.6. The summed E-state index contributed by atoms with van der Waals surface area (Å²) in [4.78, 5) is 11.7. The number of sulfonamides is 1. The summed E-state index contributed by atoms with van der Waals surface area (Å²) in [5.41, 5.74) is -0.558. The Morgan fingerprint density at radius 3 is 2.08 bits per heavy atom. The molecule has 0 radical (unpaired) electrons. The molecule has 2 aromatic carbocycles. The van der Waals surface area contributed by atoms with Gasteiger partial charge in [-0.3, -0.25) is 9.52 Å². The van der Waals surface area contributed by atoms with Crippen LogP contribution in [0.2, 0.25) is 0 Å². The minimum atomic E-state index is -4.49. The van der Waals surface area contributed by atoms with E-state index in [2.05, 4.69) is 10.0 Å². The number of carbonyl (C=O) groups is 1. The maximum absolute atomic E-state index is 12.5. The van der Waals surface area contributed by atoms with E-state index in [0.29, 0.717) is 12.1 Å². The van der Waals surface area contributed by atoms with Crippen molar-refractivity contribution >= 4 is 21.6 Å². The number of rotatable bonds is 6. The van der Waals surface area contributed by atoms with Crippen LogP contribution in [0.3, 0.4) is 0 Å². The van der Waals surface area contributed by atoms with E-state index in [9.17, 15) is 26.4 Å². The van der Waals surface area contributed by atoms with Crippen molar-refractivity contribution in [2.24, 2.45) is 0 Å². The monoisotopic (exact) mass is 386 g/mol. The first-order valence-electron chi connectivity index (χ1n) is 7.72. The maximum atomic E-state index is 12.5. The van der Waals surface area contributed by atoms with E-state index in [1.165, 1.54) is 24.3 Å². The topological polar surface area (TPSA) is 75.3 Å². The third-order valence-corrected chi connectivity index (χ3v) is 4.82. The number of benzene rings is 2. The van der Waals surface area contributed by atoms with E-state index in [-0.39, 0.29) is 16.5 Å². The lowest BCUT2D eigenvalue weighted by molar-refractivity contribution is -0.137. The molecule has 0 aliphatic rings. The Kier molecular flexibility index (Phi) is 5.91. The molecule has 5 nitrogen and oxygen atoms in total. The van der Waals surface area contributed by atoms with Crippen molar-refractivity contribution < 1.29 is 26.4 Å². The second-order valence-electron chi connectivity index (χ2n) is 5.46. The van der Waals surface area contributed by atoms with Gasteiger partial charge in [-0.25, -0.2) is 8.42 Å². The summed E-state index contributed by atoms with van der Waals surface area (Å²) in [6.45, 7) is 2.41. The van der Waals surface area contributed by atoms with Gasteiger partial charge in [0.25, 0.3) is 15.9 Å². The average Bonchev–Trinajstić information content (AvgIpc) is 2.59. The minimum absolute atomic E-state index is 0.00256. The second kappa shape index (κ2) is 7.77. The Balaban J connectivity index is 2.13. The molecule has 0 unspecified atom stereocenters. The summed E-state index contributed by atoms with van der Waals surface area (Å²) < 4.78 is 64.4. The van der Waals surface area contributed by atoms with E-state index in [4.69, 9.17) is 0 Å². The third-order valence-electron chi connectivity index (χ3n) is 3.43. The molecule has 0 spiro atoms. The quantitative estimate of drug-likeness (QED) is 0.796. The number of alkyl halides is 3. The Hall–Kier alpha value is -2.55. The van der Waals surface area contributed by atoms with Crippen molar-refractivity contribution in [2.75, 3.05) is 11.3 Å². The summed E-state index contributed by atoms with van der Waals surface area (Å²) in [7, 11) is -3.98. The first kappa shape index (κ1) is 19.8. The summed E-state index contributed by atoms with van der Waals surface area (Å²) in [6.07, 6.45) is -3.72. The van der Waals surface area contributed by atoms with Gasteiger partial charge in [0.1, 0.15) is 0 Å². The Morgan fingerprint density at radius 2 is 1.58 bits per heavy atom. The molecule has 2 rings (SSSR count). The Morgan fingerprint density at radius 1 is 1.00 bits per heavy atom. The molecule has 9 heteroatoms. The normalized spacial score (nSPS) is 11.8. The highest BCUT2D eigenvalue weighted by Gasteiger charge is 2.30. The van der Waals surface area contributed by atoms with Gasteiger partial charge in [0.05, 0.1) is 10.5 Å². The summed E-state index contributed by atoms with van der Waals surface area (Å²) in [5, 5.41) is 2.67. The predicted octanol–water partition coefficient (Wildman–Crippen LogP) is 3.65. The van der Waals surface area contributed by atoms with Crippen LogP contribution in [-0.4, -0.2) is 20.9 Å². The van der Waals surface area contributed by atoms with Crippen molar-refractivity contribution in [1.29, 1.82) is 0 Å². The van der Waals surface area contributed by atoms with E-state index >= 15 is 0 Å². The predicted molar refractivity (Wildman–Crippen MR) is 91.3 cm³/mol. The number of hydrogen-bond acceptors (Lipinski definition) is 3. The van der Waals surface area contributed by atoms with Crippen LogP contribution in [0.1, 0.15) is 29.3 Å². The average molecular weight is 386 g/mol. The lowest BCUT2D eigenvalue weighted by Crippen LogP contribution is -2.24. The van der Waals surface area contributed by atoms with Crippen LogP contribution in [0.25, 0.3) is 0 Å². The first-order valence-corrected chi connectivity index (χ1v) is 9.20. The molecule has 1 amide bonds. The van der Waals surface area contributed by atoms with E-state index in [0.717, 1.165) is 30.7 Å². The van der Waals surface area contributed by atoms with Gasteiger partial charge in [-0.05, 0) is 55.0 Å². The highest BCUT2D eigenvalue weighted by atomic mass is 32.2. The Labute approximate surface area is 149 Å². The number of halogens is 3. The molecule has 0 saturated carbocycles. The highest BCUT2D eigenvalue weighted by molar-refractivity contribution is 7.92. The van der Waals surface area contributed by atoms with Gasteiger partial charge >= 0.3 is 6.18 Å². The largest absolute Gasteiger partial charge is 0.416 e. The third kappa shape index (κ3) is 4.98. The van der Waals surface area contributed by atoms with Crippen LogP contribution in [-0.2, 0) is 16.2 Å². The molecule has 0 bridgehead atoms. The van der Waals surface area contributed by atoms with E-state index in [1.807, 2.05) is 6.92 Å². The minimum Gasteiger partial charge on any atom is -0.352 e. The molecule has 0 heterocycles. The maximum Gasteiger partial charge on any atom is 0.416 e. The summed E-state index contributed by atoms with van der Waals surface area (Å²) in [5.74, 6) is -0.313. The van der Waals surface area contributed by atoms with Crippen LogP contribution < -0.4 is 10.0 Å². The van der Waals surface area contributed by atoms with Gasteiger partial charge in [0, 0.05) is 17.8 Å². The molecule has 0 fully saturated rings. The highest BCUT2D eigenvalue weighted by Crippen LogP contribution is 2.30. The van der Waals surface area contributed by atoms with Crippen molar-refractivity contribution in [1.82, 2.24) is 5.32 Å². The standard InChI is InChI=1S/C17H17F3N2O3S/c1-2-11-21-16(23)12-3-9-15(10-4-12)26(24,25)22-14-7-5-13(6-8-14)17(18,19)20/h3-10,22H,2,11H2,1H3,(H,21,23). The van der Waals surface area contributed by atoms with Crippen LogP contribution in [0, 0.1) is 0 Å². The zero-order chi connectivity index (χ0) is 19.4. The lowest BCUT2D eigenvalue weighted by atomic mass is 10.2. The van der Waals surface area contributed by atoms with Crippen LogP contribution in [0.15, 0.2) is 53.4 Å². The van der Waals surface area contributed by atoms with Gasteiger partial charge in [0.15, 0.2) is 0 Å². The number of anilines is 1. The lowest BCUT2D eigenvalue weighted by Gasteiger charge is -2.11. The summed E-state index contributed by atoms with van der Waals surface area (Å²) in [6, 6.07) is 8.90. The molecular formula is C17H17F3N2O3S. The fourth-order valence-electron chi connectivity index (χ4n) is 2.07. The van der Waals surface area contributed by atoms with E-state index in [1.54, 1.807) is 0 Å². The number of carbonyl (C=O) groups excluding carboxylic acids is 1. The van der Waals surface area contributed by atoms with Crippen LogP contribution in [0.4, 0.5) is 18.9 Å². The molecule has 0 aliphatic carbocycles. The van der Waals surface area contributed by atoms with Crippen molar-refractivity contribution in [2.45, 2.75) is 24.4 Å². The fourth-order valence-corrected chi connectivity index (χ4v) is 3.13. The first-order chi connectivity index (χ1) is 12.1. The smallest absolute Gasteiger partial charge is 0.352 e. The fraction of sp³-hybridized carbons (Fsp3) is 0.235. The van der Waals surface area contributed by atoms with Crippen LogP contribution in [0.5, 0.6) is 0 Å². The number of nitrogens with one attached hydrogen (secondary N) is 2. The second-order valence-corrected chi connectivity index (χ2v) is 7.14. The van der Waals surface area contributed by atoms with Gasteiger partial charge < -0.3 is 5.32 Å². The molecule has 26 heavy (non-hydrogen) atoms.